The van der Waals surface area contributed by atoms with E-state index in [2.05, 4.69) is 0 Å². The van der Waals surface area contributed by atoms with Crippen LogP contribution in [0.15, 0.2) is 54.6 Å². The summed E-state index contributed by atoms with van der Waals surface area (Å²) in [7, 11) is 0. The molecule has 0 aliphatic carbocycles. The van der Waals surface area contributed by atoms with Crippen LogP contribution in [0.1, 0.15) is 18.4 Å². The summed E-state index contributed by atoms with van der Waals surface area (Å²) in [5.41, 5.74) is 1.77. The van der Waals surface area contributed by atoms with Crippen LogP contribution in [0.5, 0.6) is 5.75 Å². The third-order valence-corrected chi connectivity index (χ3v) is 5.24. The molecule has 1 N–H and O–H groups in total. The molecule has 1 atom stereocenters. The molecule has 1 unspecified atom stereocenters. The molecule has 2 aromatic rings. The smallest absolute Gasteiger partial charge is 0.414 e. The zero-order valence-corrected chi connectivity index (χ0v) is 16.5. The molecule has 2 saturated heterocycles. The van der Waals surface area contributed by atoms with Gasteiger partial charge < -0.3 is 24.1 Å². The Morgan fingerprint density at radius 3 is 2.43 bits per heavy atom. The first kappa shape index (κ1) is 20.2. The van der Waals surface area contributed by atoms with Gasteiger partial charge in [-0.25, -0.2) is 9.59 Å². The maximum absolute atomic E-state index is 12.1. The lowest BCUT2D eigenvalue weighted by atomic mass is 9.99. The largest absolute Gasteiger partial charge is 0.490 e. The van der Waals surface area contributed by atoms with Crippen LogP contribution in [0.4, 0.5) is 10.5 Å². The van der Waals surface area contributed by atoms with Crippen LogP contribution < -0.4 is 9.64 Å². The summed E-state index contributed by atoms with van der Waals surface area (Å²) in [5.74, 6) is -2.13. The van der Waals surface area contributed by atoms with E-state index in [1.54, 1.807) is 4.90 Å². The quantitative estimate of drug-likeness (QED) is 0.778. The molecule has 0 aromatic heterocycles. The van der Waals surface area contributed by atoms with Crippen molar-refractivity contribution in [3.8, 4) is 5.75 Å². The van der Waals surface area contributed by atoms with E-state index < -0.39 is 11.8 Å². The second kappa shape index (κ2) is 8.33. The molecule has 4 rings (SSSR count). The van der Waals surface area contributed by atoms with Crippen LogP contribution in [0.2, 0.25) is 0 Å². The normalized spacial score (nSPS) is 26.3. The first-order valence-corrected chi connectivity index (χ1v) is 9.72. The topological polar surface area (TPSA) is 94.5 Å². The number of hydrogen-bond acceptors (Lipinski definition) is 6. The summed E-state index contributed by atoms with van der Waals surface area (Å²) < 4.78 is 22.0. The van der Waals surface area contributed by atoms with Crippen LogP contribution in [0.25, 0.3) is 0 Å². The number of cyclic esters (lactones) is 1. The number of carboxylic acids is 1. The van der Waals surface area contributed by atoms with Gasteiger partial charge in [0, 0.05) is 18.5 Å². The van der Waals surface area contributed by atoms with Gasteiger partial charge in [0.05, 0.1) is 19.8 Å². The highest BCUT2D eigenvalue weighted by Crippen LogP contribution is 2.29. The molecule has 8 nitrogen and oxygen atoms in total. The number of benzene rings is 2. The Hall–Kier alpha value is -3.10. The molecule has 158 valence electrons. The zero-order valence-electron chi connectivity index (χ0n) is 16.5. The molecule has 0 radical (unpaired) electrons. The Bertz CT molecular complexity index is 891. The monoisotopic (exact) mass is 413 g/mol. The molecule has 2 aliphatic rings. The summed E-state index contributed by atoms with van der Waals surface area (Å²) in [4.78, 5) is 24.8. The lowest BCUT2D eigenvalue weighted by Gasteiger charge is -2.34. The van der Waals surface area contributed by atoms with Crippen molar-refractivity contribution in [2.75, 3.05) is 31.3 Å². The van der Waals surface area contributed by atoms with Crippen molar-refractivity contribution in [1.82, 2.24) is 0 Å². The highest BCUT2D eigenvalue weighted by atomic mass is 16.7. The van der Waals surface area contributed by atoms with Crippen molar-refractivity contribution < 1.29 is 33.6 Å². The van der Waals surface area contributed by atoms with Crippen molar-refractivity contribution in [3.63, 3.8) is 0 Å². The SMILES string of the molecule is C[C@]1(C(=O)O)OC[C@H](c2ccc(OCC3CN(c4ccccc4)C(=O)O3)cc2)CO1. The van der Waals surface area contributed by atoms with E-state index in [-0.39, 0.29) is 37.9 Å². The Balaban J connectivity index is 1.29. The van der Waals surface area contributed by atoms with E-state index in [0.717, 1.165) is 11.3 Å². The molecule has 8 heteroatoms. The third-order valence-electron chi connectivity index (χ3n) is 5.24. The van der Waals surface area contributed by atoms with Gasteiger partial charge in [-0.2, -0.15) is 0 Å². The molecular formula is C22H23NO7. The third kappa shape index (κ3) is 4.24. The first-order chi connectivity index (χ1) is 14.4. The van der Waals surface area contributed by atoms with Crippen LogP contribution in [-0.4, -0.2) is 55.4 Å². The van der Waals surface area contributed by atoms with Gasteiger partial charge in [-0.1, -0.05) is 30.3 Å². The zero-order chi connectivity index (χ0) is 21.1. The molecule has 2 aliphatic heterocycles. The van der Waals surface area contributed by atoms with Crippen molar-refractivity contribution in [2.24, 2.45) is 0 Å². The van der Waals surface area contributed by atoms with Crippen molar-refractivity contribution >= 4 is 17.7 Å². The van der Waals surface area contributed by atoms with Gasteiger partial charge in [-0.15, -0.1) is 0 Å². The summed E-state index contributed by atoms with van der Waals surface area (Å²) in [6, 6.07) is 16.8. The number of carbonyl (C=O) groups excluding carboxylic acids is 1. The van der Waals surface area contributed by atoms with E-state index in [1.807, 2.05) is 54.6 Å². The van der Waals surface area contributed by atoms with Gasteiger partial charge in [-0.05, 0) is 29.8 Å². The fourth-order valence-electron chi connectivity index (χ4n) is 3.38. The number of ether oxygens (including phenoxy) is 4. The number of carboxylic acid groups (broad SMARTS) is 1. The van der Waals surface area contributed by atoms with Gasteiger partial charge in [0.15, 0.2) is 6.10 Å². The van der Waals surface area contributed by atoms with E-state index in [1.165, 1.54) is 6.92 Å². The summed E-state index contributed by atoms with van der Waals surface area (Å²) >= 11 is 0. The lowest BCUT2D eigenvalue weighted by molar-refractivity contribution is -0.262. The molecular weight excluding hydrogens is 390 g/mol. The second-order valence-electron chi connectivity index (χ2n) is 7.40. The highest BCUT2D eigenvalue weighted by Gasteiger charge is 2.40. The number of rotatable bonds is 6. The second-order valence-corrected chi connectivity index (χ2v) is 7.40. The van der Waals surface area contributed by atoms with Crippen LogP contribution in [0, 0.1) is 0 Å². The number of aliphatic carboxylic acids is 1. The molecule has 2 aromatic carbocycles. The van der Waals surface area contributed by atoms with Crippen LogP contribution >= 0.6 is 0 Å². The standard InChI is InChI=1S/C22H23NO7/c1-22(20(24)25)28-12-16(13-29-22)15-7-9-18(10-8-15)27-14-19-11-23(21(26)30-19)17-5-3-2-4-6-17/h2-10,16,19H,11-14H2,1H3,(H,24,25)/t16-,19?,22-. The minimum Gasteiger partial charge on any atom is -0.490 e. The summed E-state index contributed by atoms with van der Waals surface area (Å²) in [6.07, 6.45) is -0.734. The summed E-state index contributed by atoms with van der Waals surface area (Å²) in [6.45, 7) is 2.60. The van der Waals surface area contributed by atoms with Gasteiger partial charge in [0.1, 0.15) is 12.4 Å². The Labute approximate surface area is 173 Å². The number of hydrogen-bond donors (Lipinski definition) is 1. The number of amides is 1. The molecule has 30 heavy (non-hydrogen) atoms. The first-order valence-electron chi connectivity index (χ1n) is 9.72. The molecule has 0 spiro atoms. The molecule has 0 saturated carbocycles. The van der Waals surface area contributed by atoms with E-state index in [0.29, 0.717) is 12.3 Å². The molecule has 1 amide bonds. The van der Waals surface area contributed by atoms with Crippen molar-refractivity contribution in [3.05, 3.63) is 60.2 Å². The van der Waals surface area contributed by atoms with Crippen LogP contribution in [-0.2, 0) is 19.0 Å². The van der Waals surface area contributed by atoms with E-state index in [9.17, 15) is 9.59 Å². The number of nitrogens with zero attached hydrogens (tertiary/aromatic N) is 1. The Morgan fingerprint density at radius 2 is 1.80 bits per heavy atom. The average Bonchev–Trinajstić information content (AvgIpc) is 3.14. The average molecular weight is 413 g/mol. The lowest BCUT2D eigenvalue weighted by Crippen LogP contribution is -2.47. The van der Waals surface area contributed by atoms with Crippen LogP contribution in [0.3, 0.4) is 0 Å². The molecule has 2 fully saturated rings. The fourth-order valence-corrected chi connectivity index (χ4v) is 3.38. The maximum Gasteiger partial charge on any atom is 0.414 e. The van der Waals surface area contributed by atoms with Gasteiger partial charge in [0.2, 0.25) is 0 Å². The van der Waals surface area contributed by atoms with Crippen molar-refractivity contribution in [2.45, 2.75) is 24.7 Å². The van der Waals surface area contributed by atoms with Gasteiger partial charge >= 0.3 is 12.1 Å². The fraction of sp³-hybridized carbons (Fsp3) is 0.364. The maximum atomic E-state index is 12.1. The number of carbonyl (C=O) groups is 2. The number of para-hydroxylation sites is 1. The van der Waals surface area contributed by atoms with E-state index in [4.69, 9.17) is 24.1 Å². The van der Waals surface area contributed by atoms with Gasteiger partial charge in [0.25, 0.3) is 5.79 Å². The van der Waals surface area contributed by atoms with Crippen molar-refractivity contribution in [1.29, 1.82) is 0 Å². The Morgan fingerprint density at radius 1 is 1.13 bits per heavy atom. The molecule has 0 bridgehead atoms. The molecule has 2 heterocycles. The highest BCUT2D eigenvalue weighted by molar-refractivity contribution is 5.89. The minimum atomic E-state index is -1.59. The predicted molar refractivity (Wildman–Crippen MR) is 107 cm³/mol. The Kier molecular flexibility index (Phi) is 5.61. The number of anilines is 1. The van der Waals surface area contributed by atoms with E-state index >= 15 is 0 Å². The minimum absolute atomic E-state index is 0.0540. The summed E-state index contributed by atoms with van der Waals surface area (Å²) in [5, 5.41) is 9.14. The predicted octanol–water partition coefficient (Wildman–Crippen LogP) is 3.02. The van der Waals surface area contributed by atoms with Gasteiger partial charge in [-0.3, -0.25) is 4.90 Å².